The van der Waals surface area contributed by atoms with Crippen LogP contribution in [0.1, 0.15) is 35.3 Å². The summed E-state index contributed by atoms with van der Waals surface area (Å²) in [5.41, 5.74) is 4.85. The van der Waals surface area contributed by atoms with Gasteiger partial charge in [-0.25, -0.2) is 5.48 Å². The van der Waals surface area contributed by atoms with Crippen molar-refractivity contribution in [2.75, 3.05) is 0 Å². The topological polar surface area (TPSA) is 52.6 Å². The Morgan fingerprint density at radius 3 is 2.88 bits per heavy atom. The van der Waals surface area contributed by atoms with E-state index >= 15 is 0 Å². The molecule has 0 spiro atoms. The number of carbonyl (C=O) groups excluding carboxylic acids is 1. The van der Waals surface area contributed by atoms with Gasteiger partial charge in [0.2, 0.25) is 0 Å². The Bertz CT molecular complexity index is 415. The first-order valence-electron chi connectivity index (χ1n) is 5.43. The maximum atomic E-state index is 12.0. The van der Waals surface area contributed by atoms with Crippen molar-refractivity contribution in [1.82, 2.24) is 10.4 Å². The number of fused-ring (bicyclic) bond motifs is 1. The maximum Gasteiger partial charge on any atom is 0.254 e. The smallest absolute Gasteiger partial charge is 0.254 e. The number of nitrogens with zero attached hydrogens (tertiary/aromatic N) is 1. The average Bonchev–Trinajstić information content (AvgIpc) is 2.57. The molecule has 0 bridgehead atoms. The predicted octanol–water partition coefficient (Wildman–Crippen LogP) is 1.53. The van der Waals surface area contributed by atoms with Crippen molar-refractivity contribution in [2.24, 2.45) is 0 Å². The highest BCUT2D eigenvalue weighted by molar-refractivity contribution is 5.98. The second-order valence-corrected chi connectivity index (χ2v) is 4.35. The minimum Gasteiger partial charge on any atom is -0.332 e. The van der Waals surface area contributed by atoms with Crippen LogP contribution in [-0.2, 0) is 13.1 Å². The zero-order valence-electron chi connectivity index (χ0n) is 9.53. The number of benzene rings is 1. The van der Waals surface area contributed by atoms with Crippen LogP contribution in [0.25, 0.3) is 0 Å². The molecular weight excluding hydrogens is 204 g/mol. The van der Waals surface area contributed by atoms with Gasteiger partial charge in [0.25, 0.3) is 5.91 Å². The third-order valence-electron chi connectivity index (χ3n) is 2.91. The van der Waals surface area contributed by atoms with Crippen molar-refractivity contribution in [3.63, 3.8) is 0 Å². The fourth-order valence-corrected chi connectivity index (χ4v) is 1.99. The van der Waals surface area contributed by atoms with Crippen LogP contribution < -0.4 is 5.48 Å². The van der Waals surface area contributed by atoms with Gasteiger partial charge in [-0.15, -0.1) is 0 Å². The molecule has 0 aliphatic carbocycles. The van der Waals surface area contributed by atoms with Crippen LogP contribution in [0, 0.1) is 0 Å². The van der Waals surface area contributed by atoms with E-state index in [0.717, 1.165) is 16.7 Å². The van der Waals surface area contributed by atoms with Crippen molar-refractivity contribution in [2.45, 2.75) is 33.0 Å². The molecule has 1 aliphatic heterocycles. The first-order valence-corrected chi connectivity index (χ1v) is 5.43. The van der Waals surface area contributed by atoms with E-state index in [9.17, 15) is 4.79 Å². The molecule has 4 nitrogen and oxygen atoms in total. The summed E-state index contributed by atoms with van der Waals surface area (Å²) >= 11 is 0. The molecule has 0 saturated carbocycles. The number of hydrogen-bond donors (Lipinski definition) is 2. The van der Waals surface area contributed by atoms with Crippen LogP contribution in [-0.4, -0.2) is 22.1 Å². The minimum absolute atomic E-state index is 0.0878. The van der Waals surface area contributed by atoms with E-state index in [0.29, 0.717) is 13.1 Å². The summed E-state index contributed by atoms with van der Waals surface area (Å²) < 4.78 is 0. The van der Waals surface area contributed by atoms with Gasteiger partial charge in [-0.05, 0) is 31.0 Å². The molecule has 4 heteroatoms. The van der Waals surface area contributed by atoms with Crippen LogP contribution in [0.2, 0.25) is 0 Å². The predicted molar refractivity (Wildman–Crippen MR) is 60.1 cm³/mol. The standard InChI is InChI=1S/C12H16N2O2/c1-8(2)14-7-10-4-3-9(6-13-16)5-11(10)12(14)15/h3-5,8,13,16H,6-7H2,1-2H3. The summed E-state index contributed by atoms with van der Waals surface area (Å²) in [5, 5.41) is 8.63. The molecule has 1 aromatic carbocycles. The molecule has 86 valence electrons. The van der Waals surface area contributed by atoms with Crippen LogP contribution in [0.3, 0.4) is 0 Å². The summed E-state index contributed by atoms with van der Waals surface area (Å²) in [7, 11) is 0. The molecular formula is C12H16N2O2. The third-order valence-corrected chi connectivity index (χ3v) is 2.91. The highest BCUT2D eigenvalue weighted by Crippen LogP contribution is 2.25. The van der Waals surface area contributed by atoms with E-state index in [1.807, 2.05) is 36.9 Å². The van der Waals surface area contributed by atoms with Gasteiger partial charge in [-0.3, -0.25) is 4.79 Å². The van der Waals surface area contributed by atoms with E-state index in [4.69, 9.17) is 5.21 Å². The Morgan fingerprint density at radius 2 is 2.25 bits per heavy atom. The van der Waals surface area contributed by atoms with Crippen LogP contribution >= 0.6 is 0 Å². The fraction of sp³-hybridized carbons (Fsp3) is 0.417. The van der Waals surface area contributed by atoms with Gasteiger partial charge in [-0.1, -0.05) is 12.1 Å². The average molecular weight is 220 g/mol. The van der Waals surface area contributed by atoms with Gasteiger partial charge in [0.15, 0.2) is 0 Å². The summed E-state index contributed by atoms with van der Waals surface area (Å²) in [6, 6.07) is 5.96. The highest BCUT2D eigenvalue weighted by atomic mass is 16.5. The van der Waals surface area contributed by atoms with E-state index < -0.39 is 0 Å². The molecule has 0 radical (unpaired) electrons. The number of hydroxylamine groups is 1. The van der Waals surface area contributed by atoms with Crippen molar-refractivity contribution in [3.05, 3.63) is 34.9 Å². The quantitative estimate of drug-likeness (QED) is 0.759. The third kappa shape index (κ3) is 1.81. The lowest BCUT2D eigenvalue weighted by atomic mass is 10.1. The zero-order valence-corrected chi connectivity index (χ0v) is 9.53. The Labute approximate surface area is 94.8 Å². The van der Waals surface area contributed by atoms with Crippen LogP contribution in [0.4, 0.5) is 0 Å². The van der Waals surface area contributed by atoms with Gasteiger partial charge in [0.1, 0.15) is 0 Å². The molecule has 2 rings (SSSR count). The lowest BCUT2D eigenvalue weighted by Gasteiger charge is -2.19. The number of nitrogens with one attached hydrogen (secondary N) is 1. The van der Waals surface area contributed by atoms with Crippen molar-refractivity contribution in [1.29, 1.82) is 0 Å². The molecule has 1 aliphatic rings. The molecule has 16 heavy (non-hydrogen) atoms. The fourth-order valence-electron chi connectivity index (χ4n) is 1.99. The lowest BCUT2D eigenvalue weighted by molar-refractivity contribution is 0.0730. The number of carbonyl (C=O) groups is 1. The first-order chi connectivity index (χ1) is 7.63. The molecule has 0 saturated heterocycles. The molecule has 1 aromatic rings. The maximum absolute atomic E-state index is 12.0. The first kappa shape index (κ1) is 11.1. The molecule has 0 fully saturated rings. The summed E-state index contributed by atoms with van der Waals surface area (Å²) in [6.07, 6.45) is 0. The van der Waals surface area contributed by atoms with Crippen molar-refractivity contribution < 1.29 is 10.0 Å². The van der Waals surface area contributed by atoms with E-state index in [1.54, 1.807) is 0 Å². The van der Waals surface area contributed by atoms with Gasteiger partial charge in [0, 0.05) is 24.7 Å². The normalized spacial score (nSPS) is 14.8. The molecule has 1 amide bonds. The Hall–Kier alpha value is -1.39. The van der Waals surface area contributed by atoms with Crippen LogP contribution in [0.5, 0.6) is 0 Å². The number of amides is 1. The van der Waals surface area contributed by atoms with E-state index in [-0.39, 0.29) is 11.9 Å². The Balaban J connectivity index is 2.30. The Morgan fingerprint density at radius 1 is 1.50 bits per heavy atom. The second-order valence-electron chi connectivity index (χ2n) is 4.35. The van der Waals surface area contributed by atoms with E-state index in [1.165, 1.54) is 0 Å². The molecule has 1 heterocycles. The molecule has 0 atom stereocenters. The van der Waals surface area contributed by atoms with Gasteiger partial charge >= 0.3 is 0 Å². The van der Waals surface area contributed by atoms with Gasteiger partial charge in [0.05, 0.1) is 0 Å². The second kappa shape index (κ2) is 4.23. The zero-order chi connectivity index (χ0) is 11.7. The van der Waals surface area contributed by atoms with E-state index in [2.05, 4.69) is 5.48 Å². The van der Waals surface area contributed by atoms with Gasteiger partial charge in [-0.2, -0.15) is 0 Å². The van der Waals surface area contributed by atoms with Gasteiger partial charge < -0.3 is 10.1 Å². The summed E-state index contributed by atoms with van der Waals surface area (Å²) in [6.45, 7) is 5.08. The lowest BCUT2D eigenvalue weighted by Crippen LogP contribution is -2.30. The van der Waals surface area contributed by atoms with Crippen molar-refractivity contribution >= 4 is 5.91 Å². The molecule has 0 aromatic heterocycles. The highest BCUT2D eigenvalue weighted by Gasteiger charge is 2.28. The summed E-state index contributed by atoms with van der Waals surface area (Å²) in [4.78, 5) is 13.9. The number of rotatable bonds is 3. The Kier molecular flexibility index (Phi) is 2.94. The summed E-state index contributed by atoms with van der Waals surface area (Å²) in [5.74, 6) is 0.0878. The minimum atomic E-state index is 0.0878. The molecule has 0 unspecified atom stereocenters. The SMILES string of the molecule is CC(C)N1Cc2ccc(CNO)cc2C1=O. The molecule has 2 N–H and O–H groups in total. The van der Waals surface area contributed by atoms with Crippen molar-refractivity contribution in [3.8, 4) is 0 Å². The monoisotopic (exact) mass is 220 g/mol. The van der Waals surface area contributed by atoms with Crippen LogP contribution in [0.15, 0.2) is 18.2 Å². The largest absolute Gasteiger partial charge is 0.332 e. The number of hydrogen-bond acceptors (Lipinski definition) is 3.